The van der Waals surface area contributed by atoms with E-state index in [0.717, 1.165) is 0 Å². The van der Waals surface area contributed by atoms with Crippen LogP contribution in [0.25, 0.3) is 0 Å². The minimum Gasteiger partial charge on any atom is -0.496 e. The van der Waals surface area contributed by atoms with Crippen LogP contribution < -0.4 is 0 Å². The quantitative estimate of drug-likeness (QED) is 0.454. The first kappa shape index (κ1) is 9.62. The molecule has 0 N–H and O–H groups in total. The number of ether oxygens (including phenoxy) is 1. The Morgan fingerprint density at radius 2 is 2.31 bits per heavy atom. The van der Waals surface area contributed by atoms with E-state index in [1.165, 1.54) is 13.2 Å². The van der Waals surface area contributed by atoms with Crippen molar-refractivity contribution in [2.24, 2.45) is 0 Å². The molecule has 0 aromatic heterocycles. The topological polar surface area (TPSA) is 43.4 Å². The second-order valence-electron chi connectivity index (χ2n) is 2.38. The predicted molar refractivity (Wildman–Crippen MR) is 50.6 cm³/mol. The monoisotopic (exact) mass is 196 g/mol. The van der Waals surface area contributed by atoms with Gasteiger partial charge in [-0.3, -0.25) is 0 Å². The van der Waals surface area contributed by atoms with E-state index in [4.69, 9.17) is 11.2 Å². The standard InChI is InChI=1S/C9H8O3S/c1-3-7-6-8(13(10)11)4-5-9(7)12-2/h1,5-6H,4H2,2H3. The largest absolute Gasteiger partial charge is 0.496 e. The lowest BCUT2D eigenvalue weighted by molar-refractivity contribution is 0.302. The summed E-state index contributed by atoms with van der Waals surface area (Å²) in [6.07, 6.45) is 8.62. The van der Waals surface area contributed by atoms with E-state index in [0.29, 0.717) is 17.8 Å². The SMILES string of the molecule is C#CC1=CC(=S(=O)=O)CC=C1OC. The number of methoxy groups -OCH3 is 1. The molecule has 13 heavy (non-hydrogen) atoms. The summed E-state index contributed by atoms with van der Waals surface area (Å²) in [5.74, 6) is 2.92. The number of allylic oxidation sites excluding steroid dienone is 3. The van der Waals surface area contributed by atoms with Gasteiger partial charge in [-0.2, -0.15) is 8.42 Å². The maximum Gasteiger partial charge on any atom is 0.217 e. The van der Waals surface area contributed by atoms with Gasteiger partial charge in [-0.05, 0) is 12.2 Å². The molecule has 0 saturated carbocycles. The molecule has 0 aromatic carbocycles. The van der Waals surface area contributed by atoms with Crippen molar-refractivity contribution < 1.29 is 13.2 Å². The highest BCUT2D eigenvalue weighted by atomic mass is 32.2. The van der Waals surface area contributed by atoms with E-state index in [9.17, 15) is 8.42 Å². The van der Waals surface area contributed by atoms with E-state index in [1.807, 2.05) is 0 Å². The van der Waals surface area contributed by atoms with Crippen LogP contribution in [0.4, 0.5) is 0 Å². The highest BCUT2D eigenvalue weighted by Crippen LogP contribution is 2.16. The van der Waals surface area contributed by atoms with Crippen LogP contribution in [0.15, 0.2) is 23.5 Å². The number of hydrogen-bond acceptors (Lipinski definition) is 3. The minimum absolute atomic E-state index is 0.286. The molecule has 0 amide bonds. The Kier molecular flexibility index (Phi) is 2.93. The zero-order chi connectivity index (χ0) is 9.84. The third kappa shape index (κ3) is 2.01. The van der Waals surface area contributed by atoms with Gasteiger partial charge in [0.2, 0.25) is 10.3 Å². The van der Waals surface area contributed by atoms with Gasteiger partial charge in [0.15, 0.2) is 0 Å². The highest BCUT2D eigenvalue weighted by molar-refractivity contribution is 7.73. The normalized spacial score (nSPS) is 15.5. The van der Waals surface area contributed by atoms with Gasteiger partial charge in [-0.15, -0.1) is 6.42 Å². The van der Waals surface area contributed by atoms with Crippen molar-refractivity contribution in [3.8, 4) is 12.3 Å². The van der Waals surface area contributed by atoms with Gasteiger partial charge in [-0.25, -0.2) is 0 Å². The van der Waals surface area contributed by atoms with Gasteiger partial charge in [-0.1, -0.05) is 5.92 Å². The first-order valence-electron chi connectivity index (χ1n) is 3.57. The van der Waals surface area contributed by atoms with Crippen LogP contribution in [0.2, 0.25) is 0 Å². The number of terminal acetylenes is 1. The molecule has 0 aliphatic heterocycles. The highest BCUT2D eigenvalue weighted by Gasteiger charge is 2.11. The molecule has 3 nitrogen and oxygen atoms in total. The molecule has 0 spiro atoms. The van der Waals surface area contributed by atoms with Crippen molar-refractivity contribution in [3.05, 3.63) is 23.5 Å². The molecule has 0 radical (unpaired) electrons. The fourth-order valence-corrected chi connectivity index (χ4v) is 1.45. The van der Waals surface area contributed by atoms with Crippen molar-refractivity contribution in [1.29, 1.82) is 0 Å². The van der Waals surface area contributed by atoms with Crippen molar-refractivity contribution in [2.45, 2.75) is 6.42 Å². The van der Waals surface area contributed by atoms with Crippen molar-refractivity contribution in [2.75, 3.05) is 7.11 Å². The van der Waals surface area contributed by atoms with E-state index >= 15 is 0 Å². The summed E-state index contributed by atoms with van der Waals surface area (Å²) < 4.78 is 26.1. The molecule has 1 rings (SSSR count). The van der Waals surface area contributed by atoms with Crippen LogP contribution in [-0.2, 0) is 15.0 Å². The average molecular weight is 196 g/mol. The van der Waals surface area contributed by atoms with Crippen molar-refractivity contribution in [1.82, 2.24) is 0 Å². The lowest BCUT2D eigenvalue weighted by Gasteiger charge is -2.09. The fourth-order valence-electron chi connectivity index (χ4n) is 1.02. The average Bonchev–Trinajstić information content (AvgIpc) is 2.16. The molecule has 0 fully saturated rings. The summed E-state index contributed by atoms with van der Waals surface area (Å²) in [4.78, 5) is 0.286. The van der Waals surface area contributed by atoms with Crippen molar-refractivity contribution in [3.63, 3.8) is 0 Å². The predicted octanol–water partition coefficient (Wildman–Crippen LogP) is 0.531. The number of hydrogen-bond donors (Lipinski definition) is 0. The van der Waals surface area contributed by atoms with Crippen LogP contribution in [0.3, 0.4) is 0 Å². The molecular formula is C9H8O3S. The van der Waals surface area contributed by atoms with E-state index in [1.54, 1.807) is 6.08 Å². The summed E-state index contributed by atoms with van der Waals surface area (Å²) in [5.41, 5.74) is 0.466. The zero-order valence-corrected chi connectivity index (χ0v) is 7.89. The molecule has 0 unspecified atom stereocenters. The maximum atomic E-state index is 10.6. The maximum absolute atomic E-state index is 10.6. The fraction of sp³-hybridized carbons (Fsp3) is 0.222. The smallest absolute Gasteiger partial charge is 0.217 e. The third-order valence-electron chi connectivity index (χ3n) is 1.65. The Morgan fingerprint density at radius 1 is 1.62 bits per heavy atom. The van der Waals surface area contributed by atoms with E-state index in [-0.39, 0.29) is 4.86 Å². The van der Waals surface area contributed by atoms with Crippen LogP contribution >= 0.6 is 0 Å². The summed E-state index contributed by atoms with van der Waals surface area (Å²) in [6, 6.07) is 0. The van der Waals surface area contributed by atoms with Crippen LogP contribution in [-0.4, -0.2) is 20.4 Å². The van der Waals surface area contributed by atoms with Crippen LogP contribution in [0.1, 0.15) is 6.42 Å². The summed E-state index contributed by atoms with van der Waals surface area (Å²) >= 11 is 0. The first-order chi connectivity index (χ1) is 6.19. The lowest BCUT2D eigenvalue weighted by Crippen LogP contribution is -2.04. The molecule has 0 aromatic rings. The molecule has 0 atom stereocenters. The Morgan fingerprint density at radius 3 is 2.77 bits per heavy atom. The van der Waals surface area contributed by atoms with Crippen LogP contribution in [0.5, 0.6) is 0 Å². The Bertz CT molecular complexity index is 436. The van der Waals surface area contributed by atoms with Gasteiger partial charge >= 0.3 is 0 Å². The summed E-state index contributed by atoms with van der Waals surface area (Å²) in [5, 5.41) is 0. The second kappa shape index (κ2) is 3.97. The molecule has 1 aliphatic carbocycles. The third-order valence-corrected chi connectivity index (χ3v) is 2.36. The van der Waals surface area contributed by atoms with Gasteiger partial charge in [0.25, 0.3) is 0 Å². The molecule has 0 heterocycles. The van der Waals surface area contributed by atoms with Gasteiger partial charge in [0.1, 0.15) is 5.76 Å². The Labute approximate surface area is 78.2 Å². The van der Waals surface area contributed by atoms with E-state index < -0.39 is 10.3 Å². The molecular weight excluding hydrogens is 188 g/mol. The molecule has 0 bridgehead atoms. The summed E-state index contributed by atoms with van der Waals surface area (Å²) in [7, 11) is -0.700. The van der Waals surface area contributed by atoms with Crippen LogP contribution in [0, 0.1) is 12.3 Å². The minimum atomic E-state index is -2.20. The summed E-state index contributed by atoms with van der Waals surface area (Å²) in [6.45, 7) is 0. The Hall–Kier alpha value is -1.47. The zero-order valence-electron chi connectivity index (χ0n) is 7.07. The van der Waals surface area contributed by atoms with Gasteiger partial charge in [0, 0.05) is 6.42 Å². The molecule has 0 saturated heterocycles. The van der Waals surface area contributed by atoms with Gasteiger partial charge in [0.05, 0.1) is 17.5 Å². The van der Waals surface area contributed by atoms with Crippen molar-refractivity contribution >= 4 is 15.2 Å². The first-order valence-corrected chi connectivity index (χ1v) is 4.64. The Balaban J connectivity index is 3.19. The van der Waals surface area contributed by atoms with Gasteiger partial charge < -0.3 is 4.74 Å². The molecule has 4 heteroatoms. The molecule has 1 aliphatic rings. The lowest BCUT2D eigenvalue weighted by atomic mass is 10.1. The second-order valence-corrected chi connectivity index (χ2v) is 3.37. The molecule has 68 valence electrons. The van der Waals surface area contributed by atoms with E-state index in [2.05, 4.69) is 5.92 Å². The number of rotatable bonds is 1.